The molecule has 0 aliphatic carbocycles. The van der Waals surface area contributed by atoms with E-state index in [1.165, 1.54) is 6.07 Å². The van der Waals surface area contributed by atoms with Crippen molar-refractivity contribution in [2.45, 2.75) is 13.0 Å². The summed E-state index contributed by atoms with van der Waals surface area (Å²) in [6.45, 7) is 4.21. The van der Waals surface area contributed by atoms with Crippen molar-refractivity contribution < 1.29 is 14.5 Å². The third kappa shape index (κ3) is 4.93. The molecule has 176 valence electrons. The van der Waals surface area contributed by atoms with Gasteiger partial charge >= 0.3 is 0 Å². The van der Waals surface area contributed by atoms with Crippen molar-refractivity contribution in [1.29, 1.82) is 0 Å². The number of aromatic nitrogens is 1. The van der Waals surface area contributed by atoms with E-state index in [0.717, 1.165) is 17.1 Å². The highest BCUT2D eigenvalue weighted by Gasteiger charge is 2.26. The van der Waals surface area contributed by atoms with E-state index in [9.17, 15) is 14.9 Å². The molecule has 0 bridgehead atoms. The number of rotatable bonds is 7. The van der Waals surface area contributed by atoms with Gasteiger partial charge in [-0.05, 0) is 43.3 Å². The maximum atomic E-state index is 13.1. The van der Waals surface area contributed by atoms with E-state index in [0.29, 0.717) is 37.4 Å². The van der Waals surface area contributed by atoms with Crippen molar-refractivity contribution in [1.82, 2.24) is 9.88 Å². The van der Waals surface area contributed by atoms with E-state index in [1.807, 2.05) is 49.4 Å². The highest BCUT2D eigenvalue weighted by Crippen LogP contribution is 2.31. The lowest BCUT2D eigenvalue weighted by atomic mass is 10.1. The summed E-state index contributed by atoms with van der Waals surface area (Å²) in [7, 11) is 1.64. The van der Waals surface area contributed by atoms with Crippen LogP contribution in [0, 0.1) is 10.1 Å². The molecule has 4 rings (SSSR count). The molecule has 9 heteroatoms. The molecule has 1 aromatic heterocycles. The largest absolute Gasteiger partial charge is 0.495 e. The van der Waals surface area contributed by atoms with Crippen LogP contribution in [0.3, 0.4) is 0 Å². The molecule has 1 aliphatic rings. The first-order valence-electron chi connectivity index (χ1n) is 11.1. The van der Waals surface area contributed by atoms with E-state index in [2.05, 4.69) is 15.2 Å². The van der Waals surface area contributed by atoms with Gasteiger partial charge in [0.15, 0.2) is 0 Å². The fourth-order valence-electron chi connectivity index (χ4n) is 4.10. The van der Waals surface area contributed by atoms with Crippen molar-refractivity contribution >= 4 is 23.0 Å². The molecule has 9 nitrogen and oxygen atoms in total. The SMILES string of the molecule is COc1ccccc1N1CCN(C(=O)c2ccc(NC(C)c3ccccn3)c([N+](=O)[O-])c2)CC1. The first-order chi connectivity index (χ1) is 16.5. The van der Waals surface area contributed by atoms with Crippen LogP contribution in [0.1, 0.15) is 29.0 Å². The molecule has 1 unspecified atom stereocenters. The zero-order valence-electron chi connectivity index (χ0n) is 19.2. The Kier molecular flexibility index (Phi) is 6.91. The summed E-state index contributed by atoms with van der Waals surface area (Å²) in [6.07, 6.45) is 1.68. The normalized spacial score (nSPS) is 14.4. The number of nitrogens with one attached hydrogen (secondary N) is 1. The van der Waals surface area contributed by atoms with E-state index in [-0.39, 0.29) is 17.6 Å². The Morgan fingerprint density at radius 3 is 2.50 bits per heavy atom. The van der Waals surface area contributed by atoms with Gasteiger partial charge in [0, 0.05) is 44.0 Å². The molecule has 1 N–H and O–H groups in total. The number of piperazine rings is 1. The van der Waals surface area contributed by atoms with Crippen molar-refractivity contribution in [3.05, 3.63) is 88.2 Å². The summed E-state index contributed by atoms with van der Waals surface area (Å²) in [5.74, 6) is 0.577. The Morgan fingerprint density at radius 2 is 1.82 bits per heavy atom. The number of methoxy groups -OCH3 is 1. The molecule has 2 heterocycles. The molecule has 34 heavy (non-hydrogen) atoms. The Morgan fingerprint density at radius 1 is 1.09 bits per heavy atom. The molecule has 0 spiro atoms. The number of anilines is 2. The second kappa shape index (κ2) is 10.2. The van der Waals surface area contributed by atoms with E-state index >= 15 is 0 Å². The fourth-order valence-corrected chi connectivity index (χ4v) is 4.10. The Balaban J connectivity index is 1.46. The smallest absolute Gasteiger partial charge is 0.293 e. The molecule has 1 amide bonds. The molecule has 0 radical (unpaired) electrons. The third-order valence-electron chi connectivity index (χ3n) is 5.94. The number of carbonyl (C=O) groups excluding carboxylic acids is 1. The van der Waals surface area contributed by atoms with Crippen LogP contribution in [0.15, 0.2) is 66.9 Å². The zero-order chi connectivity index (χ0) is 24.1. The van der Waals surface area contributed by atoms with Crippen molar-refractivity contribution in [3.8, 4) is 5.75 Å². The Hall–Kier alpha value is -4.14. The minimum atomic E-state index is -0.468. The molecule has 2 aromatic carbocycles. The van der Waals surface area contributed by atoms with Crippen molar-refractivity contribution in [2.24, 2.45) is 0 Å². The van der Waals surface area contributed by atoms with Crippen LogP contribution in [-0.4, -0.2) is 54.0 Å². The number of pyridine rings is 1. The van der Waals surface area contributed by atoms with Crippen molar-refractivity contribution in [3.63, 3.8) is 0 Å². The van der Waals surface area contributed by atoms with Crippen LogP contribution < -0.4 is 15.0 Å². The zero-order valence-corrected chi connectivity index (χ0v) is 19.2. The predicted molar refractivity (Wildman–Crippen MR) is 130 cm³/mol. The quantitative estimate of drug-likeness (QED) is 0.417. The number of amides is 1. The average Bonchev–Trinajstić information content (AvgIpc) is 2.89. The number of carbonyl (C=O) groups is 1. The van der Waals surface area contributed by atoms with Crippen LogP contribution in [-0.2, 0) is 0 Å². The van der Waals surface area contributed by atoms with Gasteiger partial charge in [-0.3, -0.25) is 19.9 Å². The lowest BCUT2D eigenvalue weighted by Gasteiger charge is -2.36. The highest BCUT2D eigenvalue weighted by molar-refractivity contribution is 5.96. The van der Waals surface area contributed by atoms with E-state index in [1.54, 1.807) is 30.3 Å². The van der Waals surface area contributed by atoms with Crippen LogP contribution in [0.5, 0.6) is 5.75 Å². The van der Waals surface area contributed by atoms with Gasteiger partial charge in [0.25, 0.3) is 11.6 Å². The molecule has 1 fully saturated rings. The highest BCUT2D eigenvalue weighted by atomic mass is 16.6. The average molecular weight is 462 g/mol. The number of nitro groups is 1. The molecule has 0 saturated carbocycles. The first-order valence-corrected chi connectivity index (χ1v) is 11.1. The second-order valence-electron chi connectivity index (χ2n) is 8.06. The molecule has 3 aromatic rings. The lowest BCUT2D eigenvalue weighted by molar-refractivity contribution is -0.384. The van der Waals surface area contributed by atoms with Gasteiger partial charge in [-0.15, -0.1) is 0 Å². The number of nitro benzene ring substituents is 1. The van der Waals surface area contributed by atoms with Crippen LogP contribution in [0.25, 0.3) is 0 Å². The van der Waals surface area contributed by atoms with Crippen LogP contribution in [0.4, 0.5) is 17.1 Å². The topological polar surface area (TPSA) is 101 Å². The van der Waals surface area contributed by atoms with Gasteiger partial charge in [0.05, 0.1) is 29.5 Å². The van der Waals surface area contributed by atoms with Gasteiger partial charge in [-0.2, -0.15) is 0 Å². The van der Waals surface area contributed by atoms with Crippen LogP contribution >= 0.6 is 0 Å². The first kappa shape index (κ1) is 23.0. The fraction of sp³-hybridized carbons (Fsp3) is 0.280. The lowest BCUT2D eigenvalue weighted by Crippen LogP contribution is -2.48. The number of para-hydroxylation sites is 2. The minimum Gasteiger partial charge on any atom is -0.495 e. The Bertz CT molecular complexity index is 1160. The summed E-state index contributed by atoms with van der Waals surface area (Å²) in [5, 5.41) is 14.9. The maximum Gasteiger partial charge on any atom is 0.293 e. The standard InChI is InChI=1S/C25H27N5O4/c1-18(20-7-5-6-12-26-20)27-21-11-10-19(17-23(21)30(32)33)25(31)29-15-13-28(14-16-29)22-8-3-4-9-24(22)34-2/h3-12,17-18,27H,13-16H2,1-2H3. The molecule has 1 atom stereocenters. The summed E-state index contributed by atoms with van der Waals surface area (Å²) >= 11 is 0. The Labute approximate surface area is 198 Å². The van der Waals surface area contributed by atoms with Crippen LogP contribution in [0.2, 0.25) is 0 Å². The van der Waals surface area contributed by atoms with Gasteiger partial charge in [0.1, 0.15) is 11.4 Å². The third-order valence-corrected chi connectivity index (χ3v) is 5.94. The summed E-state index contributed by atoms with van der Waals surface area (Å²) < 4.78 is 5.45. The van der Waals surface area contributed by atoms with E-state index < -0.39 is 4.92 Å². The number of nitrogens with zero attached hydrogens (tertiary/aromatic N) is 4. The summed E-state index contributed by atoms with van der Waals surface area (Å²) in [6, 6.07) is 17.7. The van der Waals surface area contributed by atoms with Gasteiger partial charge in [-0.1, -0.05) is 18.2 Å². The monoisotopic (exact) mass is 461 g/mol. The molecule has 1 aliphatic heterocycles. The van der Waals surface area contributed by atoms with Crippen molar-refractivity contribution in [2.75, 3.05) is 43.5 Å². The molecule has 1 saturated heterocycles. The molecular weight excluding hydrogens is 434 g/mol. The predicted octanol–water partition coefficient (Wildman–Crippen LogP) is 4.13. The van der Waals surface area contributed by atoms with Gasteiger partial charge in [0.2, 0.25) is 0 Å². The minimum absolute atomic E-state index is 0.138. The summed E-state index contributed by atoms with van der Waals surface area (Å²) in [5.41, 5.74) is 2.27. The van der Waals surface area contributed by atoms with E-state index in [4.69, 9.17) is 4.74 Å². The van der Waals surface area contributed by atoms with Gasteiger partial charge in [-0.25, -0.2) is 0 Å². The molecular formula is C25H27N5O4. The maximum absolute atomic E-state index is 13.1. The van der Waals surface area contributed by atoms with Gasteiger partial charge < -0.3 is 19.9 Å². The second-order valence-corrected chi connectivity index (χ2v) is 8.06. The summed E-state index contributed by atoms with van der Waals surface area (Å²) in [4.78, 5) is 32.6. The number of hydrogen-bond acceptors (Lipinski definition) is 7. The number of benzene rings is 2. The number of ether oxygens (including phenoxy) is 1. The number of hydrogen-bond donors (Lipinski definition) is 1.